The van der Waals surface area contributed by atoms with Gasteiger partial charge in [-0.05, 0) is 30.5 Å². The number of benzene rings is 1. The molecule has 1 rings (SSSR count). The van der Waals surface area contributed by atoms with Crippen LogP contribution in [0.4, 0.5) is 10.5 Å². The molecule has 0 aliphatic carbocycles. The van der Waals surface area contributed by atoms with E-state index >= 15 is 0 Å². The molecule has 0 saturated carbocycles. The van der Waals surface area contributed by atoms with Crippen LogP contribution in [0.5, 0.6) is 0 Å². The van der Waals surface area contributed by atoms with Crippen molar-refractivity contribution < 1.29 is 9.59 Å². The van der Waals surface area contributed by atoms with Crippen molar-refractivity contribution in [1.82, 2.24) is 5.32 Å². The van der Waals surface area contributed by atoms with E-state index in [4.69, 9.17) is 11.5 Å². The van der Waals surface area contributed by atoms with Crippen LogP contribution in [0.2, 0.25) is 0 Å². The van der Waals surface area contributed by atoms with Crippen LogP contribution < -0.4 is 22.1 Å². The van der Waals surface area contributed by atoms with Crippen LogP contribution in [0.25, 0.3) is 0 Å². The third-order valence-electron chi connectivity index (χ3n) is 3.33. The van der Waals surface area contributed by atoms with Crippen molar-refractivity contribution in [3.8, 4) is 0 Å². The lowest BCUT2D eigenvalue weighted by Gasteiger charge is -2.18. The second-order valence-corrected chi connectivity index (χ2v) is 5.51. The van der Waals surface area contributed by atoms with E-state index in [1.165, 1.54) is 0 Å². The molecule has 6 N–H and O–H groups in total. The standard InChI is InChI=1S/C15H24N4O2/c1-9(2)13(16)8-14(20)18-10(3)11-4-6-12(7-5-11)19-15(17)21/h4-7,9-10,13H,8,16H2,1-3H3,(H,18,20)(H3,17,19,21). The van der Waals surface area contributed by atoms with E-state index in [0.29, 0.717) is 12.1 Å². The number of hydrogen-bond acceptors (Lipinski definition) is 3. The third kappa shape index (κ3) is 5.83. The minimum absolute atomic E-state index is 0.0666. The van der Waals surface area contributed by atoms with E-state index in [0.717, 1.165) is 5.56 Å². The van der Waals surface area contributed by atoms with Crippen LogP contribution in [0.15, 0.2) is 24.3 Å². The quantitative estimate of drug-likeness (QED) is 0.640. The number of urea groups is 1. The maximum Gasteiger partial charge on any atom is 0.316 e. The summed E-state index contributed by atoms with van der Waals surface area (Å²) in [4.78, 5) is 22.6. The van der Waals surface area contributed by atoms with Gasteiger partial charge in [-0.3, -0.25) is 4.79 Å². The summed E-state index contributed by atoms with van der Waals surface area (Å²) in [5.41, 5.74) is 12.5. The topological polar surface area (TPSA) is 110 Å². The second kappa shape index (κ2) is 7.64. The van der Waals surface area contributed by atoms with Gasteiger partial charge >= 0.3 is 6.03 Å². The molecule has 0 aromatic heterocycles. The Balaban J connectivity index is 2.57. The molecule has 2 unspecified atom stereocenters. The Morgan fingerprint density at radius 1 is 1.14 bits per heavy atom. The largest absolute Gasteiger partial charge is 0.351 e. The monoisotopic (exact) mass is 292 g/mol. The Hall–Kier alpha value is -2.08. The summed E-state index contributed by atoms with van der Waals surface area (Å²) in [6, 6.07) is 6.27. The van der Waals surface area contributed by atoms with Gasteiger partial charge in [0.1, 0.15) is 0 Å². The Labute approximate surface area is 125 Å². The van der Waals surface area contributed by atoms with Crippen LogP contribution in [0.3, 0.4) is 0 Å². The van der Waals surface area contributed by atoms with Crippen molar-refractivity contribution in [2.45, 2.75) is 39.3 Å². The molecule has 6 nitrogen and oxygen atoms in total. The molecule has 1 aromatic rings. The van der Waals surface area contributed by atoms with Gasteiger partial charge in [0, 0.05) is 18.2 Å². The first-order valence-electron chi connectivity index (χ1n) is 7.01. The first-order valence-corrected chi connectivity index (χ1v) is 7.01. The van der Waals surface area contributed by atoms with E-state index in [9.17, 15) is 9.59 Å². The van der Waals surface area contributed by atoms with Crippen molar-refractivity contribution in [1.29, 1.82) is 0 Å². The lowest BCUT2D eigenvalue weighted by molar-refractivity contribution is -0.122. The maximum absolute atomic E-state index is 11.9. The fraction of sp³-hybridized carbons (Fsp3) is 0.467. The van der Waals surface area contributed by atoms with Crippen LogP contribution in [-0.2, 0) is 4.79 Å². The number of rotatable bonds is 6. The summed E-state index contributed by atoms with van der Waals surface area (Å²) in [7, 11) is 0. The molecule has 116 valence electrons. The average Bonchev–Trinajstić information content (AvgIpc) is 2.38. The van der Waals surface area contributed by atoms with Gasteiger partial charge in [0.05, 0.1) is 6.04 Å². The molecule has 0 aliphatic heterocycles. The van der Waals surface area contributed by atoms with Gasteiger partial charge in [-0.15, -0.1) is 0 Å². The number of nitrogens with two attached hydrogens (primary N) is 2. The molecular weight excluding hydrogens is 268 g/mol. The van der Waals surface area contributed by atoms with Crippen molar-refractivity contribution in [2.24, 2.45) is 17.4 Å². The number of anilines is 1. The first-order chi connectivity index (χ1) is 9.79. The van der Waals surface area contributed by atoms with E-state index < -0.39 is 6.03 Å². The molecule has 0 fully saturated rings. The minimum atomic E-state index is -0.605. The van der Waals surface area contributed by atoms with Gasteiger partial charge in [0.25, 0.3) is 0 Å². The highest BCUT2D eigenvalue weighted by Gasteiger charge is 2.15. The highest BCUT2D eigenvalue weighted by atomic mass is 16.2. The third-order valence-corrected chi connectivity index (χ3v) is 3.33. The molecule has 0 spiro atoms. The highest BCUT2D eigenvalue weighted by molar-refractivity contribution is 5.87. The number of carbonyl (C=O) groups excluding carboxylic acids is 2. The second-order valence-electron chi connectivity index (χ2n) is 5.51. The first kappa shape index (κ1) is 17.0. The van der Waals surface area contributed by atoms with Crippen molar-refractivity contribution >= 4 is 17.6 Å². The van der Waals surface area contributed by atoms with Crippen molar-refractivity contribution in [2.75, 3.05) is 5.32 Å². The molecule has 0 radical (unpaired) electrons. The van der Waals surface area contributed by atoms with Gasteiger partial charge in [-0.1, -0.05) is 26.0 Å². The SMILES string of the molecule is CC(NC(=O)CC(N)C(C)C)c1ccc(NC(N)=O)cc1. The molecule has 21 heavy (non-hydrogen) atoms. The predicted octanol–water partition coefficient (Wildman–Crippen LogP) is 1.73. The molecule has 1 aromatic carbocycles. The van der Waals surface area contributed by atoms with Crippen LogP contribution in [-0.4, -0.2) is 18.0 Å². The van der Waals surface area contributed by atoms with Gasteiger partial charge in [-0.25, -0.2) is 4.79 Å². The summed E-state index contributed by atoms with van der Waals surface area (Å²) >= 11 is 0. The summed E-state index contributed by atoms with van der Waals surface area (Å²) in [6.45, 7) is 5.88. The van der Waals surface area contributed by atoms with Crippen LogP contribution in [0.1, 0.15) is 38.8 Å². The molecule has 0 bridgehead atoms. The minimum Gasteiger partial charge on any atom is -0.351 e. The Morgan fingerprint density at radius 2 is 1.71 bits per heavy atom. The molecule has 0 saturated heterocycles. The highest BCUT2D eigenvalue weighted by Crippen LogP contribution is 2.16. The average molecular weight is 292 g/mol. The van der Waals surface area contributed by atoms with Gasteiger partial charge in [-0.2, -0.15) is 0 Å². The van der Waals surface area contributed by atoms with Gasteiger partial charge < -0.3 is 22.1 Å². The lowest BCUT2D eigenvalue weighted by atomic mass is 10.0. The molecule has 6 heteroatoms. The zero-order chi connectivity index (χ0) is 16.0. The van der Waals surface area contributed by atoms with E-state index in [1.54, 1.807) is 12.1 Å². The Kier molecular flexibility index (Phi) is 6.17. The lowest BCUT2D eigenvalue weighted by Crippen LogP contribution is -2.35. The van der Waals surface area contributed by atoms with Crippen molar-refractivity contribution in [3.63, 3.8) is 0 Å². The van der Waals surface area contributed by atoms with Crippen LogP contribution in [0, 0.1) is 5.92 Å². The summed E-state index contributed by atoms with van der Waals surface area (Å²) in [6.07, 6.45) is 0.309. The Bertz CT molecular complexity index is 485. The molecule has 2 atom stereocenters. The fourth-order valence-corrected chi connectivity index (χ4v) is 1.83. The maximum atomic E-state index is 11.9. The number of nitrogens with one attached hydrogen (secondary N) is 2. The molecular formula is C15H24N4O2. The van der Waals surface area contributed by atoms with E-state index in [2.05, 4.69) is 10.6 Å². The van der Waals surface area contributed by atoms with E-state index in [1.807, 2.05) is 32.9 Å². The smallest absolute Gasteiger partial charge is 0.316 e. The normalized spacial score (nSPS) is 13.6. The molecule has 3 amide bonds. The number of amides is 3. The zero-order valence-electron chi connectivity index (χ0n) is 12.7. The van der Waals surface area contributed by atoms with Crippen molar-refractivity contribution in [3.05, 3.63) is 29.8 Å². The van der Waals surface area contributed by atoms with Crippen LogP contribution >= 0.6 is 0 Å². The van der Waals surface area contributed by atoms with Gasteiger partial charge in [0.2, 0.25) is 5.91 Å². The number of primary amides is 1. The summed E-state index contributed by atoms with van der Waals surface area (Å²) < 4.78 is 0. The Morgan fingerprint density at radius 3 is 2.19 bits per heavy atom. The molecule has 0 aliphatic rings. The molecule has 0 heterocycles. The fourth-order valence-electron chi connectivity index (χ4n) is 1.83. The van der Waals surface area contributed by atoms with Gasteiger partial charge in [0.15, 0.2) is 0 Å². The number of carbonyl (C=O) groups is 2. The summed E-state index contributed by atoms with van der Waals surface area (Å²) in [5, 5.41) is 5.40. The zero-order valence-corrected chi connectivity index (χ0v) is 12.7. The van der Waals surface area contributed by atoms with E-state index in [-0.39, 0.29) is 23.9 Å². The summed E-state index contributed by atoms with van der Waals surface area (Å²) in [5.74, 6) is 0.202. The predicted molar refractivity (Wildman–Crippen MR) is 83.6 cm³/mol. The number of hydrogen-bond donors (Lipinski definition) is 4.